The molecule has 0 aromatic carbocycles. The summed E-state index contributed by atoms with van der Waals surface area (Å²) in [5.41, 5.74) is 1.17. The molecular formula is C9H13N3. The van der Waals surface area contributed by atoms with Gasteiger partial charge in [0.25, 0.3) is 0 Å². The zero-order chi connectivity index (χ0) is 9.40. The van der Waals surface area contributed by atoms with E-state index in [9.17, 15) is 0 Å². The van der Waals surface area contributed by atoms with Crippen LogP contribution in [0.25, 0.3) is 0 Å². The molecule has 0 atom stereocenters. The number of aryl methyl sites for hydroxylation is 1. The molecule has 3 nitrogen and oxygen atoms in total. The molecule has 3 heteroatoms. The topological polar surface area (TPSA) is 37.8 Å². The fourth-order valence-electron chi connectivity index (χ4n) is 0.666. The highest BCUT2D eigenvalue weighted by atomic mass is 15.1. The van der Waals surface area contributed by atoms with E-state index in [1.807, 2.05) is 12.4 Å². The highest BCUT2D eigenvalue weighted by Crippen LogP contribution is 1.98. The third kappa shape index (κ3) is 3.02. The summed E-state index contributed by atoms with van der Waals surface area (Å²) in [6, 6.07) is 0. The Bertz CT molecular complexity index is 202. The second kappa shape index (κ2) is 6.17. The Hall–Kier alpha value is -1.56. The van der Waals surface area contributed by atoms with Gasteiger partial charge >= 0.3 is 0 Å². The van der Waals surface area contributed by atoms with Gasteiger partial charge in [0.15, 0.2) is 0 Å². The summed E-state index contributed by atoms with van der Waals surface area (Å²) in [5.74, 6) is 0.678. The number of hydrogen-bond donors (Lipinski definition) is 1. The summed E-state index contributed by atoms with van der Waals surface area (Å²) in [6.07, 6.45) is 12.7. The predicted octanol–water partition coefficient (Wildman–Crippen LogP) is 1.33. The minimum atomic E-state index is 0.678. The second-order valence-corrected chi connectivity index (χ2v) is 2.02. The fraction of sp³-hybridized carbons (Fsp3) is 0.333. The molecule has 1 N–H and O–H groups in total. The van der Waals surface area contributed by atoms with Gasteiger partial charge in [-0.1, -0.05) is 6.92 Å². The van der Waals surface area contributed by atoms with Crippen LogP contribution in [0.4, 0.5) is 5.95 Å². The van der Waals surface area contributed by atoms with Gasteiger partial charge in [0, 0.05) is 19.4 Å². The van der Waals surface area contributed by atoms with E-state index in [0.717, 1.165) is 6.42 Å². The van der Waals surface area contributed by atoms with Crippen LogP contribution in [-0.4, -0.2) is 17.0 Å². The first kappa shape index (κ1) is 10.4. The Morgan fingerprint density at radius 1 is 1.33 bits per heavy atom. The van der Waals surface area contributed by atoms with Crippen LogP contribution in [-0.2, 0) is 6.42 Å². The van der Waals surface area contributed by atoms with E-state index in [1.54, 1.807) is 7.05 Å². The van der Waals surface area contributed by atoms with Gasteiger partial charge in [-0.25, -0.2) is 9.97 Å². The Morgan fingerprint density at radius 2 is 1.83 bits per heavy atom. The molecule has 0 aliphatic carbocycles. The zero-order valence-corrected chi connectivity index (χ0v) is 7.41. The van der Waals surface area contributed by atoms with Crippen molar-refractivity contribution in [3.05, 3.63) is 18.0 Å². The maximum absolute atomic E-state index is 4.05. The minimum Gasteiger partial charge on any atom is -0.357 e. The number of anilines is 1. The number of aromatic nitrogens is 2. The first-order chi connectivity index (χ1) is 5.86. The highest BCUT2D eigenvalue weighted by molar-refractivity contribution is 5.22. The van der Waals surface area contributed by atoms with E-state index in [1.165, 1.54) is 5.56 Å². The van der Waals surface area contributed by atoms with Crippen molar-refractivity contribution in [1.29, 1.82) is 0 Å². The molecule has 0 radical (unpaired) electrons. The second-order valence-electron chi connectivity index (χ2n) is 2.02. The van der Waals surface area contributed by atoms with Crippen molar-refractivity contribution >= 4 is 5.95 Å². The normalized spacial score (nSPS) is 8.00. The van der Waals surface area contributed by atoms with Crippen LogP contribution >= 0.6 is 0 Å². The van der Waals surface area contributed by atoms with Crippen molar-refractivity contribution in [2.75, 3.05) is 12.4 Å². The Morgan fingerprint density at radius 3 is 2.17 bits per heavy atom. The maximum Gasteiger partial charge on any atom is 0.222 e. The van der Waals surface area contributed by atoms with Gasteiger partial charge in [0.05, 0.1) is 0 Å². The lowest BCUT2D eigenvalue weighted by Gasteiger charge is -1.97. The molecule has 0 aliphatic rings. The molecule has 0 aliphatic heterocycles. The van der Waals surface area contributed by atoms with Crippen LogP contribution in [0.15, 0.2) is 12.4 Å². The van der Waals surface area contributed by atoms with Crippen molar-refractivity contribution in [3.8, 4) is 12.8 Å². The third-order valence-electron chi connectivity index (χ3n) is 1.34. The lowest BCUT2D eigenvalue weighted by Crippen LogP contribution is -1.95. The molecule has 1 aromatic heterocycles. The van der Waals surface area contributed by atoms with Gasteiger partial charge in [0.1, 0.15) is 0 Å². The van der Waals surface area contributed by atoms with Gasteiger partial charge in [-0.3, -0.25) is 0 Å². The maximum atomic E-state index is 4.05. The average molecular weight is 163 g/mol. The molecule has 0 fully saturated rings. The SMILES string of the molecule is C#C.CCc1cnc(NC)nc1. The molecule has 1 heterocycles. The van der Waals surface area contributed by atoms with E-state index in [-0.39, 0.29) is 0 Å². The van der Waals surface area contributed by atoms with Gasteiger partial charge in [-0.05, 0) is 12.0 Å². The smallest absolute Gasteiger partial charge is 0.222 e. The molecule has 1 aromatic rings. The molecule has 0 bridgehead atoms. The van der Waals surface area contributed by atoms with E-state index in [0.29, 0.717) is 5.95 Å². The monoisotopic (exact) mass is 163 g/mol. The van der Waals surface area contributed by atoms with Crippen molar-refractivity contribution in [1.82, 2.24) is 9.97 Å². The van der Waals surface area contributed by atoms with E-state index in [4.69, 9.17) is 0 Å². The van der Waals surface area contributed by atoms with E-state index in [2.05, 4.69) is 35.1 Å². The summed E-state index contributed by atoms with van der Waals surface area (Å²) in [7, 11) is 1.81. The van der Waals surface area contributed by atoms with Crippen molar-refractivity contribution in [3.63, 3.8) is 0 Å². The first-order valence-corrected chi connectivity index (χ1v) is 3.68. The Kier molecular flexibility index (Phi) is 5.37. The van der Waals surface area contributed by atoms with Crippen LogP contribution in [0.2, 0.25) is 0 Å². The molecule has 0 amide bonds. The lowest BCUT2D eigenvalue weighted by molar-refractivity contribution is 1.04. The minimum absolute atomic E-state index is 0.678. The first-order valence-electron chi connectivity index (χ1n) is 3.68. The average Bonchev–Trinajstić information content (AvgIpc) is 2.21. The van der Waals surface area contributed by atoms with E-state index < -0.39 is 0 Å². The van der Waals surface area contributed by atoms with Crippen LogP contribution in [0.1, 0.15) is 12.5 Å². The van der Waals surface area contributed by atoms with Crippen LogP contribution < -0.4 is 5.32 Å². The fourth-order valence-corrected chi connectivity index (χ4v) is 0.666. The molecule has 12 heavy (non-hydrogen) atoms. The molecular weight excluding hydrogens is 150 g/mol. The molecule has 0 unspecified atom stereocenters. The summed E-state index contributed by atoms with van der Waals surface area (Å²) >= 11 is 0. The zero-order valence-electron chi connectivity index (χ0n) is 7.41. The number of terminal acetylenes is 1. The Labute approximate surface area is 73.3 Å². The number of nitrogens with one attached hydrogen (secondary N) is 1. The van der Waals surface area contributed by atoms with Crippen molar-refractivity contribution in [2.45, 2.75) is 13.3 Å². The van der Waals surface area contributed by atoms with Crippen LogP contribution in [0, 0.1) is 12.8 Å². The lowest BCUT2D eigenvalue weighted by atomic mass is 10.3. The van der Waals surface area contributed by atoms with Gasteiger partial charge < -0.3 is 5.32 Å². The molecule has 0 saturated carbocycles. The summed E-state index contributed by atoms with van der Waals surface area (Å²) in [6.45, 7) is 2.08. The standard InChI is InChI=1S/C7H11N3.C2H2/c1-3-6-4-9-7(8-2)10-5-6;1-2/h4-5H,3H2,1-2H3,(H,8,9,10);1-2H. The highest BCUT2D eigenvalue weighted by Gasteiger charge is 1.90. The quantitative estimate of drug-likeness (QED) is 0.668. The third-order valence-corrected chi connectivity index (χ3v) is 1.34. The van der Waals surface area contributed by atoms with Crippen LogP contribution in [0.3, 0.4) is 0 Å². The van der Waals surface area contributed by atoms with Gasteiger partial charge in [-0.15, -0.1) is 12.8 Å². The predicted molar refractivity (Wildman–Crippen MR) is 50.8 cm³/mol. The number of nitrogens with zero attached hydrogens (tertiary/aromatic N) is 2. The van der Waals surface area contributed by atoms with Gasteiger partial charge in [0.2, 0.25) is 5.95 Å². The van der Waals surface area contributed by atoms with Crippen LogP contribution in [0.5, 0.6) is 0 Å². The van der Waals surface area contributed by atoms with Crippen molar-refractivity contribution < 1.29 is 0 Å². The molecule has 0 saturated heterocycles. The van der Waals surface area contributed by atoms with Gasteiger partial charge in [-0.2, -0.15) is 0 Å². The molecule has 1 rings (SSSR count). The molecule has 64 valence electrons. The Balaban J connectivity index is 0.000000561. The summed E-state index contributed by atoms with van der Waals surface area (Å²) in [4.78, 5) is 8.09. The largest absolute Gasteiger partial charge is 0.357 e. The van der Waals surface area contributed by atoms with Crippen molar-refractivity contribution in [2.24, 2.45) is 0 Å². The van der Waals surface area contributed by atoms with E-state index >= 15 is 0 Å². The summed E-state index contributed by atoms with van der Waals surface area (Å²) in [5, 5.41) is 2.86. The summed E-state index contributed by atoms with van der Waals surface area (Å²) < 4.78 is 0. The number of rotatable bonds is 2. The number of hydrogen-bond acceptors (Lipinski definition) is 3. The molecule has 0 spiro atoms.